The van der Waals surface area contributed by atoms with Gasteiger partial charge in [-0.2, -0.15) is 0 Å². The van der Waals surface area contributed by atoms with Gasteiger partial charge in [0.15, 0.2) is 23.3 Å². The number of aliphatic hydroxyl groups is 1. The Balaban J connectivity index is 0.951. The summed E-state index contributed by atoms with van der Waals surface area (Å²) >= 11 is 0. The number of hydrogen-bond donors (Lipinski definition) is 5. The zero-order valence-electron chi connectivity index (χ0n) is 34.5. The van der Waals surface area contributed by atoms with Gasteiger partial charge in [0.25, 0.3) is 0 Å². The van der Waals surface area contributed by atoms with Gasteiger partial charge in [-0.3, -0.25) is 19.7 Å². The summed E-state index contributed by atoms with van der Waals surface area (Å²) in [5.41, 5.74) is 0.113. The van der Waals surface area contributed by atoms with Crippen LogP contribution in [-0.4, -0.2) is 83.8 Å². The van der Waals surface area contributed by atoms with E-state index in [0.29, 0.717) is 54.9 Å². The molecule has 0 aromatic heterocycles. The first kappa shape index (κ1) is 43.9. The van der Waals surface area contributed by atoms with E-state index >= 15 is 8.78 Å². The molecular formula is C45H54F2N4O10. The fourth-order valence-corrected chi connectivity index (χ4v) is 10.6. The van der Waals surface area contributed by atoms with Crippen LogP contribution in [0.15, 0.2) is 72.3 Å². The number of primary amides is 1. The average molecular weight is 849 g/mol. The summed E-state index contributed by atoms with van der Waals surface area (Å²) in [6, 6.07) is 12.6. The number of unbranched alkanes of at least 4 members (excludes halogenated alkanes) is 1. The third kappa shape index (κ3) is 8.05. The zero-order valence-corrected chi connectivity index (χ0v) is 34.5. The van der Waals surface area contributed by atoms with Crippen molar-refractivity contribution in [2.24, 2.45) is 28.4 Å². The molecule has 3 saturated carbocycles. The van der Waals surface area contributed by atoms with Gasteiger partial charge in [-0.15, -0.1) is 0 Å². The van der Waals surface area contributed by atoms with Gasteiger partial charge in [-0.05, 0) is 111 Å². The number of nitrogens with one attached hydrogen (secondary N) is 3. The molecule has 4 fully saturated rings. The Bertz CT molecular complexity index is 2080. The molecule has 8 unspecified atom stereocenters. The maximum atomic E-state index is 17.8. The Labute approximate surface area is 352 Å². The summed E-state index contributed by atoms with van der Waals surface area (Å²) in [4.78, 5) is 62.3. The highest BCUT2D eigenvalue weighted by Crippen LogP contribution is 2.72. The lowest BCUT2D eigenvalue weighted by molar-refractivity contribution is -0.234. The fraction of sp³-hybridized carbons (Fsp3) is 0.533. The molecule has 1 heterocycles. The molecule has 61 heavy (non-hydrogen) atoms. The molecule has 6 N–H and O–H groups in total. The van der Waals surface area contributed by atoms with Crippen molar-refractivity contribution >= 4 is 41.0 Å². The lowest BCUT2D eigenvalue weighted by atomic mass is 9.44. The number of fused-ring (bicyclic) bond motifs is 7. The minimum absolute atomic E-state index is 0.0285. The first-order valence-corrected chi connectivity index (χ1v) is 21.0. The van der Waals surface area contributed by atoms with E-state index in [-0.39, 0.29) is 43.8 Å². The average Bonchev–Trinajstić information content (AvgIpc) is 3.70. The first-order chi connectivity index (χ1) is 29.0. The van der Waals surface area contributed by atoms with Crippen LogP contribution < -0.4 is 26.4 Å². The van der Waals surface area contributed by atoms with Crippen molar-refractivity contribution in [2.75, 3.05) is 23.8 Å². The molecule has 2 aromatic rings. The Kier molecular flexibility index (Phi) is 12.4. The highest BCUT2D eigenvalue weighted by Gasteiger charge is 2.80. The molecule has 7 rings (SSSR count). The first-order valence-electron chi connectivity index (χ1n) is 21.0. The number of allylic oxidation sites excluding steroid dienone is 4. The topological polar surface area (TPSA) is 205 Å². The minimum Gasteiger partial charge on any atom is -0.486 e. The van der Waals surface area contributed by atoms with Crippen molar-refractivity contribution in [3.8, 4) is 5.75 Å². The molecule has 5 aliphatic rings. The van der Waals surface area contributed by atoms with Gasteiger partial charge >= 0.3 is 12.1 Å². The van der Waals surface area contributed by atoms with Crippen LogP contribution >= 0.6 is 0 Å². The summed E-state index contributed by atoms with van der Waals surface area (Å²) in [7, 11) is 0. The van der Waals surface area contributed by atoms with Crippen LogP contribution in [0.5, 0.6) is 5.75 Å². The number of aliphatic hydroxyl groups excluding tert-OH is 1. The number of carbonyl (C=O) groups excluding carboxylic acids is 5. The summed E-state index contributed by atoms with van der Waals surface area (Å²) in [6.07, 6.45) is 0.865. The minimum atomic E-state index is -2.31. The normalized spacial score (nSPS) is 33.3. The van der Waals surface area contributed by atoms with Crippen molar-refractivity contribution in [3.63, 3.8) is 0 Å². The summed E-state index contributed by atoms with van der Waals surface area (Å²) < 4.78 is 58.1. The molecule has 2 aromatic carbocycles. The van der Waals surface area contributed by atoms with E-state index in [0.717, 1.165) is 6.08 Å². The number of carbonyl (C=O) groups is 5. The largest absolute Gasteiger partial charge is 0.486 e. The van der Waals surface area contributed by atoms with E-state index in [1.807, 2.05) is 13.8 Å². The Hall–Kier alpha value is -5.19. The molecule has 10 atom stereocenters. The lowest BCUT2D eigenvalue weighted by Crippen LogP contribution is -2.71. The number of hydrogen-bond acceptors (Lipinski definition) is 10. The van der Waals surface area contributed by atoms with Crippen LogP contribution in [0.25, 0.3) is 0 Å². The number of benzene rings is 2. The molecule has 0 spiro atoms. The number of ketones is 2. The molecule has 14 nitrogen and oxygen atoms in total. The standard InChI is InChI=1S/C45H54F2N4O10/c1-4-7-39-60-37-22-31-32-21-34(46)33-20-29(52)17-18-42(33,2)44(32,47)35(53)23-43(31,3)45(37,61-39)36(54)25-58-30-15-13-28(14-16-30)51-41(57)59-24-26-9-11-27(12-10-26)50-38(55)8-5-6-19-49-40(48)56/h9-18,20,31-32,34-35,37,39,53H,4-8,19,21-25H2,1-3H3,(H,50,55)(H,51,57)(H3,48,49,56)/t31?,32?,34-,35?,37?,39?,42?,43?,44-,45?/m0/s1. The number of Topliss-reactive ketones (excluding diaryl/α,β-unsaturated/α-hetero) is 1. The van der Waals surface area contributed by atoms with Crippen molar-refractivity contribution in [3.05, 3.63) is 77.9 Å². The second-order valence-electron chi connectivity index (χ2n) is 17.2. The third-order valence-corrected chi connectivity index (χ3v) is 13.6. The van der Waals surface area contributed by atoms with Crippen molar-refractivity contribution in [1.29, 1.82) is 0 Å². The molecule has 16 heteroatoms. The lowest BCUT2D eigenvalue weighted by Gasteiger charge is -2.63. The van der Waals surface area contributed by atoms with Crippen LogP contribution in [0.3, 0.4) is 0 Å². The van der Waals surface area contributed by atoms with Gasteiger partial charge in [-0.25, -0.2) is 18.4 Å². The monoisotopic (exact) mass is 848 g/mol. The van der Waals surface area contributed by atoms with Gasteiger partial charge < -0.3 is 40.4 Å². The van der Waals surface area contributed by atoms with Crippen LogP contribution in [0.4, 0.5) is 29.7 Å². The number of rotatable bonds is 15. The van der Waals surface area contributed by atoms with E-state index in [1.165, 1.54) is 19.1 Å². The Morgan fingerprint density at radius 1 is 0.984 bits per heavy atom. The number of nitrogens with two attached hydrogens (primary N) is 1. The second kappa shape index (κ2) is 17.3. The van der Waals surface area contributed by atoms with E-state index < -0.39 is 88.9 Å². The van der Waals surface area contributed by atoms with Crippen LogP contribution in [0.1, 0.15) is 77.7 Å². The Morgan fingerprint density at radius 3 is 2.39 bits per heavy atom. The van der Waals surface area contributed by atoms with Crippen molar-refractivity contribution in [1.82, 2.24) is 5.32 Å². The molecule has 1 aliphatic heterocycles. The number of urea groups is 1. The van der Waals surface area contributed by atoms with Gasteiger partial charge in [0, 0.05) is 41.1 Å². The van der Waals surface area contributed by atoms with Gasteiger partial charge in [0.1, 0.15) is 25.1 Å². The fourth-order valence-electron chi connectivity index (χ4n) is 10.6. The van der Waals surface area contributed by atoms with E-state index in [4.69, 9.17) is 24.7 Å². The molecule has 0 bridgehead atoms. The summed E-state index contributed by atoms with van der Waals surface area (Å²) in [6.45, 7) is 5.25. The third-order valence-electron chi connectivity index (χ3n) is 13.6. The number of ether oxygens (including phenoxy) is 4. The number of alkyl halides is 2. The number of halogens is 2. The van der Waals surface area contributed by atoms with Crippen LogP contribution in [0, 0.1) is 22.7 Å². The highest BCUT2D eigenvalue weighted by molar-refractivity contribution is 6.01. The van der Waals surface area contributed by atoms with Crippen LogP contribution in [0.2, 0.25) is 0 Å². The van der Waals surface area contributed by atoms with E-state index in [1.54, 1.807) is 48.5 Å². The molecule has 328 valence electrons. The predicted molar refractivity (Wildman–Crippen MR) is 219 cm³/mol. The smallest absolute Gasteiger partial charge is 0.411 e. The predicted octanol–water partition coefficient (Wildman–Crippen LogP) is 6.37. The maximum absolute atomic E-state index is 17.8. The number of amides is 4. The van der Waals surface area contributed by atoms with Crippen molar-refractivity contribution in [2.45, 2.75) is 115 Å². The SMILES string of the molecule is CCCC1OC2CC3C4C[C@H](F)C5=CC(=O)C=CC5(C)[C@@]4(F)C(O)CC3(C)C2(C(=O)COc2ccc(NC(=O)OCc3ccc(NC(=O)CCCCNC(N)=O)cc3)cc2)O1. The molecule has 4 aliphatic carbocycles. The summed E-state index contributed by atoms with van der Waals surface area (Å²) in [5, 5.41) is 19.8. The van der Waals surface area contributed by atoms with Gasteiger partial charge in [-0.1, -0.05) is 38.5 Å². The van der Waals surface area contributed by atoms with E-state index in [9.17, 15) is 29.1 Å². The van der Waals surface area contributed by atoms with Crippen molar-refractivity contribution < 1.29 is 56.8 Å². The molecular weight excluding hydrogens is 795 g/mol. The van der Waals surface area contributed by atoms with Crippen LogP contribution in [-0.2, 0) is 35.2 Å². The van der Waals surface area contributed by atoms with Gasteiger partial charge in [0.05, 0.1) is 12.2 Å². The molecule has 0 radical (unpaired) electrons. The second-order valence-corrected chi connectivity index (χ2v) is 17.2. The maximum Gasteiger partial charge on any atom is 0.411 e. The van der Waals surface area contributed by atoms with Gasteiger partial charge in [0.2, 0.25) is 11.7 Å². The summed E-state index contributed by atoms with van der Waals surface area (Å²) in [5.74, 6) is -2.31. The Morgan fingerprint density at radius 2 is 1.69 bits per heavy atom. The zero-order chi connectivity index (χ0) is 43.7. The molecule has 4 amide bonds. The number of anilines is 2. The quantitative estimate of drug-likeness (QED) is 0.125. The highest BCUT2D eigenvalue weighted by atomic mass is 19.1. The van der Waals surface area contributed by atoms with E-state index in [2.05, 4.69) is 16.0 Å². The molecule has 1 saturated heterocycles.